The number of phenols is 1. The maximum absolute atomic E-state index is 11.8. The van der Waals surface area contributed by atoms with Crippen molar-refractivity contribution in [3.05, 3.63) is 59.7 Å². The molecule has 1 amide bonds. The van der Waals surface area contributed by atoms with E-state index in [9.17, 15) is 14.7 Å². The molecule has 2 aromatic carbocycles. The molecule has 5 nitrogen and oxygen atoms in total. The standard InChI is InChI=1S/C16H15NO4/c1-11-7-8-13(14(18)9-11)16(20)21-10-15(19)17-12-5-3-2-4-6-12/h2-9,18H,10H2,1H3,(H,17,19). The average molecular weight is 285 g/mol. The van der Waals surface area contributed by atoms with E-state index in [2.05, 4.69) is 5.32 Å². The highest BCUT2D eigenvalue weighted by molar-refractivity contribution is 5.96. The first kappa shape index (κ1) is 14.6. The first-order valence-electron chi connectivity index (χ1n) is 6.38. The molecule has 0 aliphatic carbocycles. The minimum Gasteiger partial charge on any atom is -0.507 e. The van der Waals surface area contributed by atoms with Crippen molar-refractivity contribution in [2.45, 2.75) is 6.92 Å². The molecule has 5 heteroatoms. The minimum absolute atomic E-state index is 0.0353. The summed E-state index contributed by atoms with van der Waals surface area (Å²) < 4.78 is 4.87. The van der Waals surface area contributed by atoms with Crippen molar-refractivity contribution in [2.75, 3.05) is 11.9 Å². The second kappa shape index (κ2) is 6.56. The fraction of sp³-hybridized carbons (Fsp3) is 0.125. The van der Waals surface area contributed by atoms with Gasteiger partial charge < -0.3 is 15.2 Å². The highest BCUT2D eigenvalue weighted by Gasteiger charge is 2.14. The van der Waals surface area contributed by atoms with Crippen molar-refractivity contribution in [2.24, 2.45) is 0 Å². The Kier molecular flexibility index (Phi) is 4.56. The van der Waals surface area contributed by atoms with Crippen LogP contribution in [0.15, 0.2) is 48.5 Å². The zero-order valence-electron chi connectivity index (χ0n) is 11.5. The van der Waals surface area contributed by atoms with Gasteiger partial charge in [-0.3, -0.25) is 4.79 Å². The van der Waals surface area contributed by atoms with E-state index in [0.717, 1.165) is 5.56 Å². The molecule has 0 aromatic heterocycles. The number of carbonyl (C=O) groups is 2. The lowest BCUT2D eigenvalue weighted by molar-refractivity contribution is -0.119. The first-order chi connectivity index (χ1) is 10.1. The number of carbonyl (C=O) groups excluding carboxylic acids is 2. The maximum atomic E-state index is 11.8. The van der Waals surface area contributed by atoms with Crippen LogP contribution in [-0.4, -0.2) is 23.6 Å². The summed E-state index contributed by atoms with van der Waals surface area (Å²) in [4.78, 5) is 23.4. The number of esters is 1. The molecule has 0 saturated heterocycles. The van der Waals surface area contributed by atoms with Crippen LogP contribution in [0.3, 0.4) is 0 Å². The number of nitrogens with one attached hydrogen (secondary N) is 1. The van der Waals surface area contributed by atoms with Crippen LogP contribution < -0.4 is 5.32 Å². The highest BCUT2D eigenvalue weighted by Crippen LogP contribution is 2.19. The normalized spacial score (nSPS) is 9.95. The lowest BCUT2D eigenvalue weighted by Crippen LogP contribution is -2.20. The van der Waals surface area contributed by atoms with Crippen LogP contribution in [-0.2, 0) is 9.53 Å². The Morgan fingerprint density at radius 2 is 1.86 bits per heavy atom. The number of aromatic hydroxyl groups is 1. The molecule has 0 fully saturated rings. The summed E-state index contributed by atoms with van der Waals surface area (Å²) in [5, 5.41) is 12.3. The van der Waals surface area contributed by atoms with E-state index >= 15 is 0 Å². The Labute approximate surface area is 122 Å². The highest BCUT2D eigenvalue weighted by atomic mass is 16.5. The number of benzene rings is 2. The number of ether oxygens (including phenoxy) is 1. The van der Waals surface area contributed by atoms with Gasteiger partial charge in [-0.1, -0.05) is 24.3 Å². The first-order valence-corrected chi connectivity index (χ1v) is 6.38. The van der Waals surface area contributed by atoms with Crippen molar-refractivity contribution in [1.29, 1.82) is 0 Å². The molecular weight excluding hydrogens is 270 g/mol. The van der Waals surface area contributed by atoms with Gasteiger partial charge in [0.25, 0.3) is 5.91 Å². The predicted molar refractivity (Wildman–Crippen MR) is 78.2 cm³/mol. The smallest absolute Gasteiger partial charge is 0.342 e. The van der Waals surface area contributed by atoms with Crippen molar-refractivity contribution in [3.8, 4) is 5.75 Å². The largest absolute Gasteiger partial charge is 0.507 e. The van der Waals surface area contributed by atoms with E-state index in [1.165, 1.54) is 12.1 Å². The quantitative estimate of drug-likeness (QED) is 0.846. The fourth-order valence-electron chi connectivity index (χ4n) is 1.74. The summed E-state index contributed by atoms with van der Waals surface area (Å²) in [6.45, 7) is 1.38. The van der Waals surface area contributed by atoms with E-state index in [-0.39, 0.29) is 11.3 Å². The molecular formula is C16H15NO4. The molecule has 2 N–H and O–H groups in total. The van der Waals surface area contributed by atoms with Gasteiger partial charge in [0.2, 0.25) is 0 Å². The average Bonchev–Trinajstić information content (AvgIpc) is 2.46. The molecule has 0 atom stereocenters. The number of para-hydroxylation sites is 1. The lowest BCUT2D eigenvalue weighted by atomic mass is 10.1. The summed E-state index contributed by atoms with van der Waals surface area (Å²) in [5.74, 6) is -1.35. The van der Waals surface area contributed by atoms with E-state index < -0.39 is 18.5 Å². The molecule has 0 saturated carbocycles. The minimum atomic E-state index is -0.740. The van der Waals surface area contributed by atoms with Gasteiger partial charge in [0.05, 0.1) is 0 Å². The van der Waals surface area contributed by atoms with Crippen LogP contribution in [0.2, 0.25) is 0 Å². The Balaban J connectivity index is 1.90. The molecule has 0 spiro atoms. The van der Waals surface area contributed by atoms with Gasteiger partial charge in [-0.15, -0.1) is 0 Å². The number of phenolic OH excluding ortho intramolecular Hbond substituents is 1. The summed E-state index contributed by atoms with van der Waals surface area (Å²) in [6, 6.07) is 13.5. The lowest BCUT2D eigenvalue weighted by Gasteiger charge is -2.07. The molecule has 0 unspecified atom stereocenters. The van der Waals surface area contributed by atoms with Crippen LogP contribution in [0.25, 0.3) is 0 Å². The van der Waals surface area contributed by atoms with Crippen molar-refractivity contribution < 1.29 is 19.4 Å². The molecule has 108 valence electrons. The van der Waals surface area contributed by atoms with Gasteiger partial charge in [0, 0.05) is 5.69 Å². The number of amides is 1. The summed E-state index contributed by atoms with van der Waals surface area (Å²) >= 11 is 0. The number of anilines is 1. The Hall–Kier alpha value is -2.82. The van der Waals surface area contributed by atoms with Gasteiger partial charge in [0.15, 0.2) is 6.61 Å². The van der Waals surface area contributed by atoms with Crippen molar-refractivity contribution in [1.82, 2.24) is 0 Å². The van der Waals surface area contributed by atoms with Gasteiger partial charge >= 0.3 is 5.97 Å². The fourth-order valence-corrected chi connectivity index (χ4v) is 1.74. The number of hydrogen-bond donors (Lipinski definition) is 2. The van der Waals surface area contributed by atoms with Crippen LogP contribution in [0.5, 0.6) is 5.75 Å². The molecule has 2 rings (SSSR count). The molecule has 0 heterocycles. The van der Waals surface area contributed by atoms with E-state index in [1.807, 2.05) is 6.07 Å². The topological polar surface area (TPSA) is 75.6 Å². The third-order valence-corrected chi connectivity index (χ3v) is 2.77. The van der Waals surface area contributed by atoms with Crippen LogP contribution >= 0.6 is 0 Å². The Morgan fingerprint density at radius 3 is 2.52 bits per heavy atom. The third kappa shape index (κ3) is 4.07. The molecule has 0 aliphatic heterocycles. The summed E-state index contributed by atoms with van der Waals surface area (Å²) in [5.41, 5.74) is 1.48. The molecule has 0 aliphatic rings. The molecule has 0 bridgehead atoms. The molecule has 21 heavy (non-hydrogen) atoms. The molecule has 0 radical (unpaired) electrons. The summed E-state index contributed by atoms with van der Waals surface area (Å²) in [6.07, 6.45) is 0. The SMILES string of the molecule is Cc1ccc(C(=O)OCC(=O)Nc2ccccc2)c(O)c1. The number of rotatable bonds is 4. The predicted octanol–water partition coefficient (Wildman–Crippen LogP) is 2.50. The second-order valence-electron chi connectivity index (χ2n) is 4.51. The van der Waals surface area contributed by atoms with Crippen LogP contribution in [0.1, 0.15) is 15.9 Å². The van der Waals surface area contributed by atoms with E-state index in [4.69, 9.17) is 4.74 Å². The Morgan fingerprint density at radius 1 is 1.14 bits per heavy atom. The zero-order valence-corrected chi connectivity index (χ0v) is 11.5. The van der Waals surface area contributed by atoms with Gasteiger partial charge in [-0.05, 0) is 36.8 Å². The van der Waals surface area contributed by atoms with Crippen molar-refractivity contribution in [3.63, 3.8) is 0 Å². The summed E-state index contributed by atoms with van der Waals surface area (Å²) in [7, 11) is 0. The van der Waals surface area contributed by atoms with Gasteiger partial charge in [0.1, 0.15) is 11.3 Å². The van der Waals surface area contributed by atoms with Gasteiger partial charge in [-0.25, -0.2) is 4.79 Å². The third-order valence-electron chi connectivity index (χ3n) is 2.77. The van der Waals surface area contributed by atoms with E-state index in [0.29, 0.717) is 5.69 Å². The zero-order chi connectivity index (χ0) is 15.2. The number of hydrogen-bond acceptors (Lipinski definition) is 4. The van der Waals surface area contributed by atoms with Crippen LogP contribution in [0.4, 0.5) is 5.69 Å². The van der Waals surface area contributed by atoms with Gasteiger partial charge in [-0.2, -0.15) is 0 Å². The van der Waals surface area contributed by atoms with Crippen LogP contribution in [0, 0.1) is 6.92 Å². The van der Waals surface area contributed by atoms with Crippen molar-refractivity contribution >= 4 is 17.6 Å². The molecule has 2 aromatic rings. The Bertz CT molecular complexity index is 653. The monoisotopic (exact) mass is 285 g/mol. The number of aryl methyl sites for hydroxylation is 1. The maximum Gasteiger partial charge on any atom is 0.342 e. The second-order valence-corrected chi connectivity index (χ2v) is 4.51. The van der Waals surface area contributed by atoms with E-state index in [1.54, 1.807) is 37.3 Å².